The monoisotopic (exact) mass is 505 g/mol. The van der Waals surface area contributed by atoms with Crippen molar-refractivity contribution in [3.63, 3.8) is 0 Å². The lowest BCUT2D eigenvalue weighted by Gasteiger charge is -2.57. The number of rotatable bonds is 2. The van der Waals surface area contributed by atoms with E-state index < -0.39 is 26.5 Å². The smallest absolute Gasteiger partial charge is 0.274 e. The van der Waals surface area contributed by atoms with E-state index in [2.05, 4.69) is 4.90 Å². The van der Waals surface area contributed by atoms with E-state index in [0.717, 1.165) is 19.3 Å². The first-order valence-corrected chi connectivity index (χ1v) is 11.7. The zero-order chi connectivity index (χ0) is 22.7. The van der Waals surface area contributed by atoms with Crippen LogP contribution in [0.15, 0.2) is 18.2 Å². The molecule has 5 rings (SSSR count). The van der Waals surface area contributed by atoms with Crippen LogP contribution in [-0.4, -0.2) is 62.4 Å². The summed E-state index contributed by atoms with van der Waals surface area (Å²) in [5.74, 6) is -0.347. The Morgan fingerprint density at radius 3 is 2.66 bits per heavy atom. The molecule has 4 atom stereocenters. The quantitative estimate of drug-likeness (QED) is 0.259. The second kappa shape index (κ2) is 8.06. The van der Waals surface area contributed by atoms with Gasteiger partial charge in [0.25, 0.3) is 11.4 Å². The Balaban J connectivity index is 1.71. The number of hydrogen-bond acceptors (Lipinski definition) is 7. The number of nitrogens with zero attached hydrogens (tertiary/aromatic N) is 3. The summed E-state index contributed by atoms with van der Waals surface area (Å²) in [7, 11) is 0. The third-order valence-corrected chi connectivity index (χ3v) is 7.54. The highest BCUT2D eigenvalue weighted by atomic mass is 35.6. The van der Waals surface area contributed by atoms with Crippen molar-refractivity contribution in [3.8, 4) is 5.75 Å². The molecule has 0 unspecified atom stereocenters. The fourth-order valence-electron chi connectivity index (χ4n) is 5.66. The molecule has 1 saturated heterocycles. The maximum Gasteiger partial charge on any atom is 0.274 e. The lowest BCUT2D eigenvalue weighted by Crippen LogP contribution is -2.67. The number of fused-ring (bicyclic) bond motifs is 5. The zero-order valence-corrected chi connectivity index (χ0v) is 19.3. The Labute approximate surface area is 199 Å². The van der Waals surface area contributed by atoms with Crippen molar-refractivity contribution in [1.82, 2.24) is 4.90 Å². The van der Waals surface area contributed by atoms with Crippen LogP contribution in [0.1, 0.15) is 37.2 Å². The molecule has 174 valence electrons. The van der Waals surface area contributed by atoms with Gasteiger partial charge in [0.2, 0.25) is 9.90 Å². The Morgan fingerprint density at radius 2 is 1.97 bits per heavy atom. The number of morpholine rings is 1. The van der Waals surface area contributed by atoms with E-state index in [0.29, 0.717) is 48.9 Å². The maximum absolute atomic E-state index is 13.4. The first-order valence-electron chi connectivity index (χ1n) is 10.6. The molecule has 2 fully saturated rings. The van der Waals surface area contributed by atoms with E-state index in [1.54, 1.807) is 0 Å². The van der Waals surface area contributed by atoms with Gasteiger partial charge in [0.1, 0.15) is 11.5 Å². The summed E-state index contributed by atoms with van der Waals surface area (Å²) in [4.78, 5) is 19.8. The number of hydrogen-bond donors (Lipinski definition) is 0. The molecule has 32 heavy (non-hydrogen) atoms. The van der Waals surface area contributed by atoms with Gasteiger partial charge < -0.3 is 14.3 Å². The van der Waals surface area contributed by atoms with Gasteiger partial charge in [-0.2, -0.15) is 0 Å². The predicted octanol–water partition coefficient (Wildman–Crippen LogP) is 3.92. The summed E-state index contributed by atoms with van der Waals surface area (Å²) < 4.78 is 9.50. The molecule has 0 spiro atoms. The van der Waals surface area contributed by atoms with Gasteiger partial charge >= 0.3 is 0 Å². The molecule has 0 radical (unpaired) electrons. The van der Waals surface area contributed by atoms with Crippen LogP contribution in [0.5, 0.6) is 5.75 Å². The van der Waals surface area contributed by atoms with Crippen LogP contribution in [0.25, 0.3) is 0 Å². The second-order valence-corrected chi connectivity index (χ2v) is 10.9. The Hall–Kier alpha value is -1.52. The SMILES string of the molecule is O=[N+]([O-])c1ccc2c(c1)[C@H]1C(=[N+]([O-])O[C@@]3(N4CCOCC4)CCCC[C@@H]13)[C@@H](C(Cl)(Cl)Cl)O2. The third-order valence-electron chi connectivity index (χ3n) is 6.95. The molecule has 3 heterocycles. The van der Waals surface area contributed by atoms with Gasteiger partial charge in [0.05, 0.1) is 24.1 Å². The fourth-order valence-corrected chi connectivity index (χ4v) is 6.13. The molecule has 9 nitrogen and oxygen atoms in total. The lowest BCUT2D eigenvalue weighted by molar-refractivity contribution is -0.787. The average Bonchev–Trinajstić information content (AvgIpc) is 2.77. The van der Waals surface area contributed by atoms with Crippen molar-refractivity contribution >= 4 is 46.2 Å². The minimum atomic E-state index is -1.94. The van der Waals surface area contributed by atoms with Crippen molar-refractivity contribution in [2.24, 2.45) is 5.92 Å². The molecule has 0 bridgehead atoms. The minimum Gasteiger partial charge on any atom is -0.475 e. The topological polar surface area (TPSA) is 100 Å². The van der Waals surface area contributed by atoms with Crippen LogP contribution in [0, 0.1) is 21.2 Å². The minimum absolute atomic E-state index is 0.0873. The van der Waals surface area contributed by atoms with Crippen molar-refractivity contribution < 1.29 is 24.1 Å². The number of ether oxygens (including phenoxy) is 2. The molecule has 1 aliphatic carbocycles. The van der Waals surface area contributed by atoms with Gasteiger partial charge in [0.15, 0.2) is 0 Å². The maximum atomic E-state index is 13.4. The predicted molar refractivity (Wildman–Crippen MR) is 117 cm³/mol. The van der Waals surface area contributed by atoms with Crippen LogP contribution in [0.3, 0.4) is 0 Å². The second-order valence-electron chi connectivity index (χ2n) is 8.57. The van der Waals surface area contributed by atoms with Crippen molar-refractivity contribution in [2.75, 3.05) is 26.3 Å². The standard InChI is InChI=1S/C20H22Cl3N3O6/c21-20(22,23)18-17-16(13-11-12(25(27)28)4-5-15(13)31-18)14-3-1-2-6-19(14,32-26(17)29)24-7-9-30-10-8-24/h4-5,11,14,16,18H,1-3,6-10H2/t14-,16+,18-,19-/m0/s1. The average molecular weight is 507 g/mol. The Morgan fingerprint density at radius 1 is 1.22 bits per heavy atom. The van der Waals surface area contributed by atoms with Gasteiger partial charge in [-0.1, -0.05) is 47.6 Å². The first kappa shape index (κ1) is 22.3. The third kappa shape index (κ3) is 3.49. The summed E-state index contributed by atoms with van der Waals surface area (Å²) in [6.07, 6.45) is 2.06. The van der Waals surface area contributed by atoms with Crippen LogP contribution in [0.2, 0.25) is 0 Å². The van der Waals surface area contributed by atoms with Gasteiger partial charge in [-0.3, -0.25) is 20.2 Å². The molecular formula is C20H22Cl3N3O6. The van der Waals surface area contributed by atoms with E-state index in [9.17, 15) is 15.3 Å². The molecule has 1 aromatic carbocycles. The molecule has 0 N–H and O–H groups in total. The van der Waals surface area contributed by atoms with Crippen molar-refractivity contribution in [3.05, 3.63) is 39.1 Å². The van der Waals surface area contributed by atoms with E-state index in [1.807, 2.05) is 0 Å². The van der Waals surface area contributed by atoms with Gasteiger partial charge in [-0.05, 0) is 18.9 Å². The van der Waals surface area contributed by atoms with Crippen LogP contribution in [0.4, 0.5) is 5.69 Å². The van der Waals surface area contributed by atoms with Crippen LogP contribution in [-0.2, 0) is 9.57 Å². The first-order chi connectivity index (χ1) is 15.2. The molecule has 12 heteroatoms. The van der Waals surface area contributed by atoms with Gasteiger partial charge in [-0.25, -0.2) is 0 Å². The van der Waals surface area contributed by atoms with Gasteiger partial charge in [0, 0.05) is 41.6 Å². The number of non-ortho nitro benzene ring substituents is 1. The molecular weight excluding hydrogens is 485 g/mol. The highest BCUT2D eigenvalue weighted by Gasteiger charge is 2.62. The highest BCUT2D eigenvalue weighted by molar-refractivity contribution is 6.69. The van der Waals surface area contributed by atoms with E-state index in [4.69, 9.17) is 49.1 Å². The number of benzene rings is 1. The normalized spacial score (nSPS) is 32.8. The van der Waals surface area contributed by atoms with Crippen molar-refractivity contribution in [1.29, 1.82) is 0 Å². The highest BCUT2D eigenvalue weighted by Crippen LogP contribution is 2.55. The molecule has 3 aliphatic heterocycles. The van der Waals surface area contributed by atoms with Crippen LogP contribution < -0.4 is 4.74 Å². The summed E-state index contributed by atoms with van der Waals surface area (Å²) in [6, 6.07) is 4.33. The number of nitro groups is 1. The van der Waals surface area contributed by atoms with Crippen molar-refractivity contribution in [2.45, 2.75) is 47.2 Å². The summed E-state index contributed by atoms with van der Waals surface area (Å²) in [6.45, 7) is 2.33. The molecule has 1 saturated carbocycles. The van der Waals surface area contributed by atoms with E-state index >= 15 is 0 Å². The van der Waals surface area contributed by atoms with E-state index in [1.165, 1.54) is 18.2 Å². The number of halogens is 3. The molecule has 1 aromatic rings. The summed E-state index contributed by atoms with van der Waals surface area (Å²) in [5, 5.41) is 24.9. The van der Waals surface area contributed by atoms with Crippen LogP contribution >= 0.6 is 34.8 Å². The lowest BCUT2D eigenvalue weighted by atomic mass is 9.66. The Bertz CT molecular complexity index is 964. The number of nitro benzene ring substituents is 1. The zero-order valence-electron chi connectivity index (χ0n) is 17.0. The number of alkyl halides is 3. The van der Waals surface area contributed by atoms with Gasteiger partial charge in [-0.15, -0.1) is 0 Å². The molecule has 0 amide bonds. The van der Waals surface area contributed by atoms with E-state index in [-0.39, 0.29) is 17.3 Å². The Kier molecular flexibility index (Phi) is 5.61. The fraction of sp³-hybridized carbons (Fsp3) is 0.650. The summed E-state index contributed by atoms with van der Waals surface area (Å²) in [5.41, 5.74) is -0.270. The summed E-state index contributed by atoms with van der Waals surface area (Å²) >= 11 is 18.7. The molecule has 4 aliphatic rings. The molecule has 0 aromatic heterocycles. The largest absolute Gasteiger partial charge is 0.475 e.